The van der Waals surface area contributed by atoms with Gasteiger partial charge in [-0.1, -0.05) is 35.5 Å². The Morgan fingerprint density at radius 2 is 2.06 bits per heavy atom. The number of nitrogens with zero attached hydrogens (tertiary/aromatic N) is 4. The van der Waals surface area contributed by atoms with Gasteiger partial charge in [-0.2, -0.15) is 0 Å². The Labute approximate surface area is 193 Å². The number of aryl methyl sites for hydroxylation is 1. The number of benzene rings is 2. The fourth-order valence-electron chi connectivity index (χ4n) is 4.81. The highest BCUT2D eigenvalue weighted by Gasteiger charge is 2.28. The Hall–Kier alpha value is -3.55. The molecule has 0 radical (unpaired) electrons. The van der Waals surface area contributed by atoms with Crippen molar-refractivity contribution < 1.29 is 5.21 Å². The molecule has 168 valence electrons. The van der Waals surface area contributed by atoms with Gasteiger partial charge in [-0.05, 0) is 60.2 Å². The number of oxime groups is 1. The summed E-state index contributed by atoms with van der Waals surface area (Å²) in [5, 5.41) is 12.5. The second kappa shape index (κ2) is 9.52. The van der Waals surface area contributed by atoms with E-state index < -0.39 is 0 Å². The molecule has 2 aromatic heterocycles. The van der Waals surface area contributed by atoms with Crippen LogP contribution in [0.25, 0.3) is 11.0 Å². The fraction of sp³-hybridized carbons (Fsp3) is 0.269. The van der Waals surface area contributed by atoms with Crippen molar-refractivity contribution in [2.24, 2.45) is 10.9 Å². The minimum Gasteiger partial charge on any atom is -0.411 e. The van der Waals surface area contributed by atoms with Gasteiger partial charge in [0.1, 0.15) is 5.82 Å². The molecule has 4 aromatic rings. The zero-order valence-corrected chi connectivity index (χ0v) is 18.5. The summed E-state index contributed by atoms with van der Waals surface area (Å²) in [5.74, 6) is 0.926. The molecule has 1 atom stereocenters. The molecule has 1 aliphatic carbocycles. The normalized spacial score (nSPS) is 16.0. The summed E-state index contributed by atoms with van der Waals surface area (Å²) >= 11 is 0. The molecule has 0 amide bonds. The van der Waals surface area contributed by atoms with Gasteiger partial charge in [0.2, 0.25) is 0 Å². The van der Waals surface area contributed by atoms with Gasteiger partial charge in [0.05, 0.1) is 35.5 Å². The molecule has 2 heterocycles. The highest BCUT2D eigenvalue weighted by atomic mass is 16.4. The number of imidazole rings is 1. The summed E-state index contributed by atoms with van der Waals surface area (Å²) in [6.45, 7) is 1.77. The van der Waals surface area contributed by atoms with E-state index in [9.17, 15) is 5.21 Å². The average molecular weight is 441 g/mol. The van der Waals surface area contributed by atoms with Crippen LogP contribution in [0.4, 0.5) is 0 Å². The molecule has 1 unspecified atom stereocenters. The van der Waals surface area contributed by atoms with Gasteiger partial charge in [0.15, 0.2) is 0 Å². The van der Waals surface area contributed by atoms with Crippen molar-refractivity contribution in [1.29, 1.82) is 0 Å². The molecule has 33 heavy (non-hydrogen) atoms. The topological polar surface area (TPSA) is 103 Å². The van der Waals surface area contributed by atoms with Gasteiger partial charge < -0.3 is 15.9 Å². The SMILES string of the molecule is NCc1ccc(CN(Cc2nc3ccccc3[nH]2)C2CCCc3cccnc32)c(C=NO)c1. The Morgan fingerprint density at radius 1 is 1.15 bits per heavy atom. The maximum Gasteiger partial charge on any atom is 0.121 e. The lowest BCUT2D eigenvalue weighted by Gasteiger charge is -2.35. The van der Waals surface area contributed by atoms with E-state index >= 15 is 0 Å². The van der Waals surface area contributed by atoms with Gasteiger partial charge in [0, 0.05) is 24.8 Å². The van der Waals surface area contributed by atoms with Crippen molar-refractivity contribution in [3.05, 3.63) is 94.6 Å². The van der Waals surface area contributed by atoms with Gasteiger partial charge >= 0.3 is 0 Å². The molecule has 0 aliphatic heterocycles. The average Bonchev–Trinajstić information content (AvgIpc) is 3.27. The van der Waals surface area contributed by atoms with Crippen LogP contribution in [0.15, 0.2) is 65.9 Å². The van der Waals surface area contributed by atoms with Crippen molar-refractivity contribution in [1.82, 2.24) is 19.9 Å². The van der Waals surface area contributed by atoms with E-state index in [4.69, 9.17) is 15.7 Å². The quantitative estimate of drug-likeness (QED) is 0.226. The first-order valence-corrected chi connectivity index (χ1v) is 11.4. The van der Waals surface area contributed by atoms with E-state index in [1.807, 2.05) is 42.6 Å². The first-order valence-electron chi connectivity index (χ1n) is 11.4. The number of aromatic nitrogens is 3. The summed E-state index contributed by atoms with van der Waals surface area (Å²) in [6, 6.07) is 18.6. The summed E-state index contributed by atoms with van der Waals surface area (Å²) in [7, 11) is 0. The number of pyridine rings is 1. The highest BCUT2D eigenvalue weighted by Crippen LogP contribution is 2.35. The van der Waals surface area contributed by atoms with Crippen LogP contribution in [0.5, 0.6) is 0 Å². The predicted octanol–water partition coefficient (Wildman–Crippen LogP) is 4.30. The second-order valence-electron chi connectivity index (χ2n) is 8.54. The minimum absolute atomic E-state index is 0.177. The molecule has 0 spiro atoms. The van der Waals surface area contributed by atoms with Gasteiger partial charge in [-0.3, -0.25) is 9.88 Å². The maximum absolute atomic E-state index is 9.24. The maximum atomic E-state index is 9.24. The number of nitrogens with one attached hydrogen (secondary N) is 1. The lowest BCUT2D eigenvalue weighted by atomic mass is 9.90. The molecule has 0 saturated heterocycles. The van der Waals surface area contributed by atoms with Crippen LogP contribution in [0, 0.1) is 0 Å². The zero-order chi connectivity index (χ0) is 22.6. The predicted molar refractivity (Wildman–Crippen MR) is 129 cm³/mol. The van der Waals surface area contributed by atoms with Crippen LogP contribution in [0.3, 0.4) is 0 Å². The Kier molecular flexibility index (Phi) is 6.15. The van der Waals surface area contributed by atoms with Crippen LogP contribution in [0.2, 0.25) is 0 Å². The van der Waals surface area contributed by atoms with E-state index in [0.717, 1.165) is 58.5 Å². The number of hydrogen-bond acceptors (Lipinski definition) is 6. The number of fused-ring (bicyclic) bond motifs is 2. The molecule has 4 N–H and O–H groups in total. The number of rotatable bonds is 7. The van der Waals surface area contributed by atoms with Crippen molar-refractivity contribution in [2.45, 2.75) is 44.9 Å². The molecule has 2 aromatic carbocycles. The largest absolute Gasteiger partial charge is 0.411 e. The van der Waals surface area contributed by atoms with Crippen LogP contribution in [-0.2, 0) is 26.1 Å². The Morgan fingerprint density at radius 3 is 2.91 bits per heavy atom. The van der Waals surface area contributed by atoms with E-state index in [-0.39, 0.29) is 6.04 Å². The van der Waals surface area contributed by atoms with Gasteiger partial charge in [-0.15, -0.1) is 0 Å². The third kappa shape index (κ3) is 4.51. The lowest BCUT2D eigenvalue weighted by molar-refractivity contribution is 0.153. The van der Waals surface area contributed by atoms with E-state index in [1.165, 1.54) is 11.8 Å². The summed E-state index contributed by atoms with van der Waals surface area (Å²) in [6.07, 6.45) is 6.59. The number of nitrogens with two attached hydrogens (primary N) is 1. The smallest absolute Gasteiger partial charge is 0.121 e. The molecule has 5 rings (SSSR count). The van der Waals surface area contributed by atoms with Gasteiger partial charge in [0.25, 0.3) is 0 Å². The molecule has 1 aliphatic rings. The van der Waals surface area contributed by atoms with Crippen LogP contribution in [-0.4, -0.2) is 31.3 Å². The summed E-state index contributed by atoms with van der Waals surface area (Å²) in [4.78, 5) is 15.5. The minimum atomic E-state index is 0.177. The lowest BCUT2D eigenvalue weighted by Crippen LogP contribution is -2.32. The molecular weight excluding hydrogens is 412 g/mol. The molecule has 0 fully saturated rings. The highest BCUT2D eigenvalue weighted by molar-refractivity contribution is 5.81. The number of aromatic amines is 1. The molecule has 7 nitrogen and oxygen atoms in total. The Balaban J connectivity index is 1.53. The van der Waals surface area contributed by atoms with Crippen molar-refractivity contribution >= 4 is 17.2 Å². The summed E-state index contributed by atoms with van der Waals surface area (Å²) < 4.78 is 0. The summed E-state index contributed by atoms with van der Waals surface area (Å²) in [5.41, 5.74) is 13.3. The van der Waals surface area contributed by atoms with Crippen molar-refractivity contribution in [3.8, 4) is 0 Å². The fourth-order valence-corrected chi connectivity index (χ4v) is 4.81. The third-order valence-corrected chi connectivity index (χ3v) is 6.41. The van der Waals surface area contributed by atoms with Gasteiger partial charge in [-0.25, -0.2) is 4.98 Å². The van der Waals surface area contributed by atoms with Crippen LogP contribution in [0.1, 0.15) is 52.7 Å². The molecule has 0 bridgehead atoms. The van der Waals surface area contributed by atoms with E-state index in [2.05, 4.69) is 33.2 Å². The Bertz CT molecular complexity index is 1250. The first-order chi connectivity index (χ1) is 16.2. The first kappa shape index (κ1) is 21.3. The van der Waals surface area contributed by atoms with Crippen LogP contribution >= 0.6 is 0 Å². The number of H-pyrrole nitrogens is 1. The molecule has 7 heteroatoms. The zero-order valence-electron chi connectivity index (χ0n) is 18.5. The monoisotopic (exact) mass is 440 g/mol. The number of para-hydroxylation sites is 2. The standard InChI is InChI=1S/C26H28N6O/c27-14-18-10-11-20(21(13-18)15-29-33)16-32(17-25-30-22-7-1-2-8-23(22)31-25)24-9-3-5-19-6-4-12-28-26(19)24/h1-2,4,6-8,10-13,15,24,33H,3,5,9,14,16-17,27H2,(H,30,31). The second-order valence-corrected chi connectivity index (χ2v) is 8.54. The van der Waals surface area contributed by atoms with Crippen molar-refractivity contribution in [3.63, 3.8) is 0 Å². The van der Waals surface area contributed by atoms with Crippen molar-refractivity contribution in [2.75, 3.05) is 0 Å². The van der Waals surface area contributed by atoms with Crippen LogP contribution < -0.4 is 5.73 Å². The van der Waals surface area contributed by atoms with E-state index in [0.29, 0.717) is 19.6 Å². The number of hydrogen-bond donors (Lipinski definition) is 3. The molecule has 0 saturated carbocycles. The van der Waals surface area contributed by atoms with E-state index in [1.54, 1.807) is 0 Å². The molecular formula is C26H28N6O. The third-order valence-electron chi connectivity index (χ3n) is 6.41.